The average Bonchev–Trinajstić information content (AvgIpc) is 2.90. The van der Waals surface area contributed by atoms with E-state index < -0.39 is 0 Å². The lowest BCUT2D eigenvalue weighted by Crippen LogP contribution is -2.44. The van der Waals surface area contributed by atoms with Crippen LogP contribution in [-0.4, -0.2) is 43.1 Å². The largest absolute Gasteiger partial charge is 0.346 e. The van der Waals surface area contributed by atoms with E-state index >= 15 is 0 Å². The number of aromatic nitrogens is 1. The Bertz CT molecular complexity index is 539. The summed E-state index contributed by atoms with van der Waals surface area (Å²) in [5.74, 6) is 0. The number of anilines is 1. The predicted molar refractivity (Wildman–Crippen MR) is 82.0 cm³/mol. The van der Waals surface area contributed by atoms with Crippen LogP contribution in [0.4, 0.5) is 5.13 Å². The lowest BCUT2D eigenvalue weighted by atomic mass is 10.1. The Balaban J connectivity index is 1.77. The summed E-state index contributed by atoms with van der Waals surface area (Å²) in [5, 5.41) is 3.32. The Kier molecular flexibility index (Phi) is 3.53. The quantitative estimate of drug-likeness (QED) is 0.839. The average molecular weight is 273 g/mol. The second-order valence-electron chi connectivity index (χ2n) is 5.17. The molecule has 1 aromatic carbocycles. The summed E-state index contributed by atoms with van der Waals surface area (Å²) in [4.78, 5) is 9.54. The summed E-state index contributed by atoms with van der Waals surface area (Å²) in [6, 6.07) is 8.59. The summed E-state index contributed by atoms with van der Waals surface area (Å²) < 4.78 is 0. The van der Waals surface area contributed by atoms with Gasteiger partial charge in [0, 0.05) is 37.1 Å². The van der Waals surface area contributed by atoms with Crippen LogP contribution in [-0.2, 0) is 0 Å². The molecule has 19 heavy (non-hydrogen) atoms. The Morgan fingerprint density at radius 2 is 1.74 bits per heavy atom. The van der Waals surface area contributed by atoms with Gasteiger partial charge >= 0.3 is 0 Å². The predicted octanol–water partition coefficient (Wildman–Crippen LogP) is 2.87. The molecule has 0 atom stereocenters. The first-order valence-corrected chi connectivity index (χ1v) is 7.56. The van der Waals surface area contributed by atoms with Gasteiger partial charge in [0.15, 0.2) is 5.13 Å². The van der Waals surface area contributed by atoms with Crippen LogP contribution in [0.5, 0.6) is 0 Å². The van der Waals surface area contributed by atoms with Crippen LogP contribution in [0, 0.1) is 6.92 Å². The Morgan fingerprint density at radius 1 is 1.05 bits per heavy atom. The van der Waals surface area contributed by atoms with Crippen LogP contribution >= 0.6 is 11.3 Å². The molecule has 3 rings (SSSR count). The molecule has 1 aliphatic heterocycles. The summed E-state index contributed by atoms with van der Waals surface area (Å²) in [7, 11) is 2.18. The SMILES string of the molecule is Cc1ccc(-c2csc(N3CCN(C)CC3)n2)cc1. The zero-order chi connectivity index (χ0) is 13.2. The number of likely N-dealkylation sites (N-methyl/N-ethyl adjacent to an activating group) is 1. The van der Waals surface area contributed by atoms with E-state index in [0.717, 1.165) is 37.0 Å². The van der Waals surface area contributed by atoms with Crippen molar-refractivity contribution >= 4 is 16.5 Å². The highest BCUT2D eigenvalue weighted by Gasteiger charge is 2.17. The van der Waals surface area contributed by atoms with Crippen molar-refractivity contribution < 1.29 is 0 Å². The van der Waals surface area contributed by atoms with Gasteiger partial charge in [-0.15, -0.1) is 11.3 Å². The van der Waals surface area contributed by atoms with E-state index in [9.17, 15) is 0 Å². The van der Waals surface area contributed by atoms with Gasteiger partial charge in [-0.25, -0.2) is 4.98 Å². The van der Waals surface area contributed by atoms with Crippen molar-refractivity contribution in [1.29, 1.82) is 0 Å². The third kappa shape index (κ3) is 2.80. The standard InChI is InChI=1S/C15H19N3S/c1-12-3-5-13(6-4-12)14-11-19-15(16-14)18-9-7-17(2)8-10-18/h3-6,11H,7-10H2,1-2H3. The van der Waals surface area contributed by atoms with Gasteiger partial charge in [-0.1, -0.05) is 29.8 Å². The fraction of sp³-hybridized carbons (Fsp3) is 0.400. The van der Waals surface area contributed by atoms with Gasteiger partial charge in [0.2, 0.25) is 0 Å². The van der Waals surface area contributed by atoms with E-state index in [4.69, 9.17) is 4.98 Å². The van der Waals surface area contributed by atoms with Crippen molar-refractivity contribution in [2.75, 3.05) is 38.1 Å². The van der Waals surface area contributed by atoms with Gasteiger partial charge in [0.25, 0.3) is 0 Å². The Hall–Kier alpha value is -1.39. The Labute approximate surface area is 118 Å². The highest BCUT2D eigenvalue weighted by atomic mass is 32.1. The molecule has 2 aromatic rings. The van der Waals surface area contributed by atoms with Crippen LogP contribution in [0.3, 0.4) is 0 Å². The van der Waals surface area contributed by atoms with E-state index in [1.54, 1.807) is 11.3 Å². The molecule has 4 heteroatoms. The number of hydrogen-bond donors (Lipinski definition) is 0. The molecular formula is C15H19N3S. The number of hydrogen-bond acceptors (Lipinski definition) is 4. The zero-order valence-electron chi connectivity index (χ0n) is 11.5. The van der Waals surface area contributed by atoms with Crippen LogP contribution in [0.1, 0.15) is 5.56 Å². The number of nitrogens with zero attached hydrogens (tertiary/aromatic N) is 3. The number of benzene rings is 1. The molecule has 0 unspecified atom stereocenters. The first kappa shape index (κ1) is 12.6. The normalized spacial score (nSPS) is 16.8. The van der Waals surface area contributed by atoms with E-state index in [2.05, 4.69) is 53.4 Å². The minimum atomic E-state index is 1.08. The molecule has 1 saturated heterocycles. The summed E-state index contributed by atoms with van der Waals surface area (Å²) in [6.07, 6.45) is 0. The van der Waals surface area contributed by atoms with Crippen molar-refractivity contribution in [1.82, 2.24) is 9.88 Å². The van der Waals surface area contributed by atoms with Crippen molar-refractivity contribution in [3.8, 4) is 11.3 Å². The monoisotopic (exact) mass is 273 g/mol. The molecule has 100 valence electrons. The fourth-order valence-electron chi connectivity index (χ4n) is 2.26. The molecule has 0 bridgehead atoms. The van der Waals surface area contributed by atoms with Gasteiger partial charge < -0.3 is 9.80 Å². The third-order valence-electron chi connectivity index (χ3n) is 3.61. The first-order chi connectivity index (χ1) is 9.22. The maximum Gasteiger partial charge on any atom is 0.185 e. The Morgan fingerprint density at radius 3 is 2.42 bits per heavy atom. The molecule has 2 heterocycles. The van der Waals surface area contributed by atoms with Crippen molar-refractivity contribution in [3.63, 3.8) is 0 Å². The van der Waals surface area contributed by atoms with Crippen LogP contribution in [0.25, 0.3) is 11.3 Å². The maximum absolute atomic E-state index is 4.78. The molecule has 1 aromatic heterocycles. The molecule has 0 spiro atoms. The van der Waals surface area contributed by atoms with E-state index in [1.165, 1.54) is 11.1 Å². The molecule has 0 saturated carbocycles. The first-order valence-electron chi connectivity index (χ1n) is 6.68. The molecule has 3 nitrogen and oxygen atoms in total. The lowest BCUT2D eigenvalue weighted by molar-refractivity contribution is 0.313. The van der Waals surface area contributed by atoms with Crippen molar-refractivity contribution in [2.24, 2.45) is 0 Å². The molecule has 0 radical (unpaired) electrons. The van der Waals surface area contributed by atoms with Crippen LogP contribution < -0.4 is 4.90 Å². The number of thiazole rings is 1. The fourth-order valence-corrected chi connectivity index (χ4v) is 3.15. The highest BCUT2D eigenvalue weighted by Crippen LogP contribution is 2.28. The minimum absolute atomic E-state index is 1.08. The van der Waals surface area contributed by atoms with E-state index in [1.807, 2.05) is 0 Å². The van der Waals surface area contributed by atoms with E-state index in [0.29, 0.717) is 0 Å². The zero-order valence-corrected chi connectivity index (χ0v) is 12.3. The van der Waals surface area contributed by atoms with Gasteiger partial charge in [-0.2, -0.15) is 0 Å². The molecule has 0 aliphatic carbocycles. The minimum Gasteiger partial charge on any atom is -0.346 e. The second kappa shape index (κ2) is 5.31. The molecule has 1 aliphatic rings. The summed E-state index contributed by atoms with van der Waals surface area (Å²) in [5.41, 5.74) is 3.60. The number of aryl methyl sites for hydroxylation is 1. The lowest BCUT2D eigenvalue weighted by Gasteiger charge is -2.32. The van der Waals surface area contributed by atoms with Gasteiger partial charge in [0.1, 0.15) is 0 Å². The van der Waals surface area contributed by atoms with Gasteiger partial charge in [-0.05, 0) is 14.0 Å². The second-order valence-corrected chi connectivity index (χ2v) is 6.01. The van der Waals surface area contributed by atoms with Crippen molar-refractivity contribution in [3.05, 3.63) is 35.2 Å². The van der Waals surface area contributed by atoms with Crippen LogP contribution in [0.15, 0.2) is 29.6 Å². The smallest absolute Gasteiger partial charge is 0.185 e. The highest BCUT2D eigenvalue weighted by molar-refractivity contribution is 7.14. The van der Waals surface area contributed by atoms with Crippen molar-refractivity contribution in [2.45, 2.75) is 6.92 Å². The summed E-state index contributed by atoms with van der Waals surface area (Å²) in [6.45, 7) is 6.52. The number of rotatable bonds is 2. The molecule has 1 fully saturated rings. The third-order valence-corrected chi connectivity index (χ3v) is 4.51. The van der Waals surface area contributed by atoms with Gasteiger partial charge in [0.05, 0.1) is 5.69 Å². The molecule has 0 N–H and O–H groups in total. The maximum atomic E-state index is 4.78. The topological polar surface area (TPSA) is 19.4 Å². The van der Waals surface area contributed by atoms with E-state index in [-0.39, 0.29) is 0 Å². The molecule has 0 amide bonds. The van der Waals surface area contributed by atoms with Crippen LogP contribution in [0.2, 0.25) is 0 Å². The molecular weight excluding hydrogens is 254 g/mol. The summed E-state index contributed by atoms with van der Waals surface area (Å²) >= 11 is 1.75. The number of piperazine rings is 1. The van der Waals surface area contributed by atoms with Gasteiger partial charge in [-0.3, -0.25) is 0 Å².